The van der Waals surface area contributed by atoms with Crippen LogP contribution in [0.3, 0.4) is 0 Å². The second kappa shape index (κ2) is 7.15. The van der Waals surface area contributed by atoms with E-state index in [1.165, 1.54) is 4.90 Å². The molecule has 2 N–H and O–H groups in total. The lowest BCUT2D eigenvalue weighted by atomic mass is 9.93. The van der Waals surface area contributed by atoms with Gasteiger partial charge in [0.05, 0.1) is 6.54 Å². The molecule has 2 heterocycles. The van der Waals surface area contributed by atoms with Crippen LogP contribution in [0.5, 0.6) is 0 Å². The molecule has 0 aliphatic carbocycles. The maximum Gasteiger partial charge on any atom is 0.401 e. The Morgan fingerprint density at radius 3 is 2.65 bits per heavy atom. The Labute approximate surface area is 117 Å². The van der Waals surface area contributed by atoms with E-state index in [4.69, 9.17) is 0 Å². The van der Waals surface area contributed by atoms with Crippen molar-refractivity contribution in [3.05, 3.63) is 0 Å². The molecular weight excluding hydrogens is 269 g/mol. The first-order valence-electron chi connectivity index (χ1n) is 7.34. The van der Waals surface area contributed by atoms with Gasteiger partial charge in [-0.1, -0.05) is 0 Å². The molecule has 0 bridgehead atoms. The molecule has 4 nitrogen and oxygen atoms in total. The summed E-state index contributed by atoms with van der Waals surface area (Å²) in [6.07, 6.45) is -0.280. The molecule has 0 amide bonds. The topological polar surface area (TPSA) is 39.7 Å². The number of rotatable bonds is 4. The van der Waals surface area contributed by atoms with Crippen LogP contribution in [0.1, 0.15) is 25.7 Å². The lowest BCUT2D eigenvalue weighted by Crippen LogP contribution is -2.43. The minimum Gasteiger partial charge on any atom is -0.356 e. The van der Waals surface area contributed by atoms with Gasteiger partial charge in [-0.15, -0.1) is 0 Å². The zero-order valence-corrected chi connectivity index (χ0v) is 11.7. The fraction of sp³-hybridized carbons (Fsp3) is 0.923. The number of nitrogens with one attached hydrogen (secondary N) is 2. The molecule has 0 saturated carbocycles. The predicted octanol–water partition coefficient (Wildman–Crippen LogP) is 1.59. The highest BCUT2D eigenvalue weighted by Crippen LogP contribution is 2.23. The highest BCUT2D eigenvalue weighted by atomic mass is 19.4. The summed E-state index contributed by atoms with van der Waals surface area (Å²) in [4.78, 5) is 5.84. The van der Waals surface area contributed by atoms with Crippen molar-refractivity contribution in [3.63, 3.8) is 0 Å². The highest BCUT2D eigenvalue weighted by molar-refractivity contribution is 5.80. The van der Waals surface area contributed by atoms with Crippen LogP contribution in [-0.4, -0.2) is 56.3 Å². The summed E-state index contributed by atoms with van der Waals surface area (Å²) in [5, 5.41) is 6.46. The van der Waals surface area contributed by atoms with Crippen molar-refractivity contribution in [3.8, 4) is 0 Å². The molecule has 2 aliphatic heterocycles. The Hall–Kier alpha value is -0.980. The molecule has 2 rings (SSSR count). The van der Waals surface area contributed by atoms with Crippen molar-refractivity contribution in [1.82, 2.24) is 15.5 Å². The van der Waals surface area contributed by atoms with Gasteiger partial charge in [0.1, 0.15) is 0 Å². The second-order valence-electron chi connectivity index (χ2n) is 5.56. The zero-order valence-electron chi connectivity index (χ0n) is 11.7. The summed E-state index contributed by atoms with van der Waals surface area (Å²) in [6.45, 7) is 3.02. The average molecular weight is 292 g/mol. The molecular formula is C13H23F3N4. The molecule has 0 spiro atoms. The molecule has 116 valence electrons. The molecule has 0 atom stereocenters. The van der Waals surface area contributed by atoms with Gasteiger partial charge in [0, 0.05) is 19.6 Å². The Bertz CT molecular complexity index is 322. The van der Waals surface area contributed by atoms with Crippen LogP contribution >= 0.6 is 0 Å². The predicted molar refractivity (Wildman–Crippen MR) is 72.8 cm³/mol. The first-order chi connectivity index (χ1) is 9.53. The van der Waals surface area contributed by atoms with Gasteiger partial charge in [0.15, 0.2) is 5.96 Å². The summed E-state index contributed by atoms with van der Waals surface area (Å²) >= 11 is 0. The van der Waals surface area contributed by atoms with Crippen molar-refractivity contribution in [2.75, 3.05) is 39.3 Å². The molecule has 0 aromatic heterocycles. The van der Waals surface area contributed by atoms with Crippen molar-refractivity contribution in [2.24, 2.45) is 10.9 Å². The van der Waals surface area contributed by atoms with E-state index in [9.17, 15) is 13.2 Å². The van der Waals surface area contributed by atoms with Crippen molar-refractivity contribution >= 4 is 5.96 Å². The number of piperidine rings is 1. The third-order valence-corrected chi connectivity index (χ3v) is 3.85. The van der Waals surface area contributed by atoms with E-state index < -0.39 is 12.7 Å². The van der Waals surface area contributed by atoms with E-state index in [0.29, 0.717) is 19.0 Å². The van der Waals surface area contributed by atoms with Crippen LogP contribution in [0.4, 0.5) is 13.2 Å². The Morgan fingerprint density at radius 1 is 1.30 bits per heavy atom. The van der Waals surface area contributed by atoms with E-state index in [1.54, 1.807) is 0 Å². The van der Waals surface area contributed by atoms with E-state index >= 15 is 0 Å². The maximum absolute atomic E-state index is 12.3. The van der Waals surface area contributed by atoms with Gasteiger partial charge >= 0.3 is 6.18 Å². The zero-order chi connectivity index (χ0) is 14.4. The van der Waals surface area contributed by atoms with E-state index in [0.717, 1.165) is 51.3 Å². The van der Waals surface area contributed by atoms with Gasteiger partial charge in [-0.3, -0.25) is 9.89 Å². The first-order valence-corrected chi connectivity index (χ1v) is 7.34. The van der Waals surface area contributed by atoms with Gasteiger partial charge in [-0.2, -0.15) is 13.2 Å². The monoisotopic (exact) mass is 292 g/mol. The van der Waals surface area contributed by atoms with Crippen LogP contribution < -0.4 is 10.6 Å². The van der Waals surface area contributed by atoms with Crippen LogP contribution in [0.2, 0.25) is 0 Å². The number of hydrogen-bond acceptors (Lipinski definition) is 4. The Kier molecular flexibility index (Phi) is 5.51. The fourth-order valence-electron chi connectivity index (χ4n) is 2.73. The minimum absolute atomic E-state index is 0.524. The quantitative estimate of drug-likeness (QED) is 0.826. The van der Waals surface area contributed by atoms with Gasteiger partial charge < -0.3 is 10.6 Å². The summed E-state index contributed by atoms with van der Waals surface area (Å²) < 4.78 is 36.8. The molecule has 0 unspecified atom stereocenters. The number of likely N-dealkylation sites (tertiary alicyclic amines) is 1. The van der Waals surface area contributed by atoms with E-state index in [1.807, 2.05) is 0 Å². The Balaban J connectivity index is 1.59. The summed E-state index contributed by atoms with van der Waals surface area (Å²) in [5.74, 6) is 1.39. The maximum atomic E-state index is 12.3. The summed E-state index contributed by atoms with van der Waals surface area (Å²) in [5.41, 5.74) is 0. The second-order valence-corrected chi connectivity index (χ2v) is 5.56. The van der Waals surface area contributed by atoms with Crippen molar-refractivity contribution in [2.45, 2.75) is 31.9 Å². The first kappa shape index (κ1) is 15.4. The van der Waals surface area contributed by atoms with Gasteiger partial charge in [-0.25, -0.2) is 0 Å². The fourth-order valence-corrected chi connectivity index (χ4v) is 2.73. The van der Waals surface area contributed by atoms with Crippen LogP contribution in [0.25, 0.3) is 0 Å². The average Bonchev–Trinajstić information content (AvgIpc) is 2.40. The van der Waals surface area contributed by atoms with Crippen molar-refractivity contribution in [1.29, 1.82) is 0 Å². The lowest BCUT2D eigenvalue weighted by molar-refractivity contribution is -0.148. The van der Waals surface area contributed by atoms with Gasteiger partial charge in [0.25, 0.3) is 0 Å². The molecule has 1 fully saturated rings. The van der Waals surface area contributed by atoms with E-state index in [2.05, 4.69) is 15.6 Å². The SMILES string of the molecule is FC(F)(F)CN1CCC(CCNC2=NCCCN2)CC1. The van der Waals surface area contributed by atoms with Crippen molar-refractivity contribution < 1.29 is 13.2 Å². The Morgan fingerprint density at radius 2 is 2.05 bits per heavy atom. The lowest BCUT2D eigenvalue weighted by Gasteiger charge is -2.32. The van der Waals surface area contributed by atoms with Crippen LogP contribution in [0, 0.1) is 5.92 Å². The number of aliphatic imine (C=N–C) groups is 1. The number of alkyl halides is 3. The normalized spacial score (nSPS) is 22.2. The molecule has 0 aromatic carbocycles. The standard InChI is InChI=1S/C13H23F3N4/c14-13(15,16)10-20-8-3-11(4-9-20)2-7-19-12-17-5-1-6-18-12/h11H,1-10H2,(H2,17,18,19). The van der Waals surface area contributed by atoms with Crippen LogP contribution in [0.15, 0.2) is 4.99 Å². The molecule has 2 aliphatic rings. The minimum atomic E-state index is -4.07. The summed E-state index contributed by atoms with van der Waals surface area (Å²) in [6, 6.07) is 0. The molecule has 0 aromatic rings. The van der Waals surface area contributed by atoms with Crippen LogP contribution in [-0.2, 0) is 0 Å². The number of halogens is 3. The number of nitrogens with zero attached hydrogens (tertiary/aromatic N) is 2. The third kappa shape index (κ3) is 5.56. The molecule has 0 radical (unpaired) electrons. The summed E-state index contributed by atoms with van der Waals surface area (Å²) in [7, 11) is 0. The number of guanidine groups is 1. The van der Waals surface area contributed by atoms with Gasteiger partial charge in [-0.05, 0) is 44.7 Å². The number of hydrogen-bond donors (Lipinski definition) is 2. The van der Waals surface area contributed by atoms with Gasteiger partial charge in [0.2, 0.25) is 0 Å². The molecule has 7 heteroatoms. The van der Waals surface area contributed by atoms with E-state index in [-0.39, 0.29) is 0 Å². The smallest absolute Gasteiger partial charge is 0.356 e. The largest absolute Gasteiger partial charge is 0.401 e. The molecule has 1 saturated heterocycles. The third-order valence-electron chi connectivity index (χ3n) is 3.85. The highest BCUT2D eigenvalue weighted by Gasteiger charge is 2.32. The molecule has 20 heavy (non-hydrogen) atoms.